The van der Waals surface area contributed by atoms with Gasteiger partial charge in [0.05, 0.1) is 22.3 Å². The zero-order valence-electron chi connectivity index (χ0n) is 13.1. The number of aryl methyl sites for hydroxylation is 1. The van der Waals surface area contributed by atoms with E-state index in [2.05, 4.69) is 5.32 Å². The van der Waals surface area contributed by atoms with Crippen LogP contribution in [0.15, 0.2) is 59.5 Å². The van der Waals surface area contributed by atoms with Crippen LogP contribution in [0.5, 0.6) is 0 Å². The van der Waals surface area contributed by atoms with Gasteiger partial charge in [-0.05, 0) is 36.2 Å². The number of sulfone groups is 1. The average Bonchev–Trinajstić information content (AvgIpc) is 2.61. The molecule has 6 heteroatoms. The van der Waals surface area contributed by atoms with Crippen molar-refractivity contribution in [2.45, 2.75) is 17.7 Å². The number of carbonyl (C=O) groups is 1. The largest absolute Gasteiger partial charge is 0.355 e. The van der Waals surface area contributed by atoms with Crippen molar-refractivity contribution in [3.05, 3.63) is 65.7 Å². The number of rotatable bonds is 7. The van der Waals surface area contributed by atoms with E-state index in [0.717, 1.165) is 5.56 Å². The summed E-state index contributed by atoms with van der Waals surface area (Å²) in [5, 5.41) is 11.4. The fourth-order valence-corrected chi connectivity index (χ4v) is 3.34. The maximum Gasteiger partial charge on any atom is 0.220 e. The Morgan fingerprint density at radius 2 is 1.71 bits per heavy atom. The molecule has 5 nitrogen and oxygen atoms in total. The minimum absolute atomic E-state index is 0.0867. The van der Waals surface area contributed by atoms with Crippen molar-refractivity contribution in [2.75, 3.05) is 12.3 Å². The van der Waals surface area contributed by atoms with Gasteiger partial charge in [-0.3, -0.25) is 4.79 Å². The van der Waals surface area contributed by atoms with Crippen molar-refractivity contribution in [1.82, 2.24) is 5.32 Å². The summed E-state index contributed by atoms with van der Waals surface area (Å²) in [5.41, 5.74) is 1.54. The molecular formula is C18H18N2O3S. The zero-order valence-corrected chi connectivity index (χ0v) is 13.9. The predicted octanol–water partition coefficient (Wildman–Crippen LogP) is 2.08. The molecule has 0 radical (unpaired) electrons. The Bertz CT molecular complexity index is 823. The molecule has 0 saturated heterocycles. The smallest absolute Gasteiger partial charge is 0.220 e. The molecule has 0 heterocycles. The van der Waals surface area contributed by atoms with Crippen LogP contribution in [0.3, 0.4) is 0 Å². The first-order valence-corrected chi connectivity index (χ1v) is 9.20. The van der Waals surface area contributed by atoms with E-state index in [-0.39, 0.29) is 29.5 Å². The number of nitrogens with one attached hydrogen (secondary N) is 1. The third-order valence-corrected chi connectivity index (χ3v) is 5.25. The summed E-state index contributed by atoms with van der Waals surface area (Å²) in [6.45, 7) is 0.0867. The van der Waals surface area contributed by atoms with Crippen LogP contribution >= 0.6 is 0 Å². The van der Waals surface area contributed by atoms with Gasteiger partial charge < -0.3 is 5.32 Å². The SMILES string of the molecule is N#Cc1ccc(CCC(=O)NCCS(=O)(=O)c2ccccc2)cc1. The molecule has 1 N–H and O–H groups in total. The van der Waals surface area contributed by atoms with Gasteiger partial charge in [0.15, 0.2) is 9.84 Å². The summed E-state index contributed by atoms with van der Waals surface area (Å²) >= 11 is 0. The summed E-state index contributed by atoms with van der Waals surface area (Å²) < 4.78 is 24.2. The molecule has 0 aliphatic rings. The fourth-order valence-electron chi connectivity index (χ4n) is 2.16. The van der Waals surface area contributed by atoms with Crippen LogP contribution in [0, 0.1) is 11.3 Å². The summed E-state index contributed by atoms with van der Waals surface area (Å²) in [4.78, 5) is 12.1. The average molecular weight is 342 g/mol. The molecule has 2 aromatic rings. The number of nitrogens with zero attached hydrogens (tertiary/aromatic N) is 1. The molecule has 0 unspecified atom stereocenters. The Labute approximate surface area is 141 Å². The zero-order chi connectivity index (χ0) is 17.4. The third-order valence-electron chi connectivity index (χ3n) is 3.52. The van der Waals surface area contributed by atoms with Crippen LogP contribution in [0.25, 0.3) is 0 Å². The first kappa shape index (κ1) is 17.7. The summed E-state index contributed by atoms with van der Waals surface area (Å²) in [5.74, 6) is -0.317. The van der Waals surface area contributed by atoms with Crippen molar-refractivity contribution >= 4 is 15.7 Å². The summed E-state index contributed by atoms with van der Waals surface area (Å²) in [7, 11) is -3.38. The molecule has 124 valence electrons. The fraction of sp³-hybridized carbons (Fsp3) is 0.222. The van der Waals surface area contributed by atoms with Gasteiger partial charge in [0.2, 0.25) is 5.91 Å². The Hall–Kier alpha value is -2.65. The van der Waals surface area contributed by atoms with E-state index in [1.54, 1.807) is 42.5 Å². The molecule has 1 amide bonds. The van der Waals surface area contributed by atoms with Gasteiger partial charge in [0.1, 0.15) is 0 Å². The Morgan fingerprint density at radius 1 is 1.04 bits per heavy atom. The number of benzene rings is 2. The monoisotopic (exact) mass is 342 g/mol. The van der Waals surface area contributed by atoms with Gasteiger partial charge in [-0.2, -0.15) is 5.26 Å². The molecule has 0 spiro atoms. The maximum atomic E-state index is 12.1. The van der Waals surface area contributed by atoms with Crippen molar-refractivity contribution in [3.63, 3.8) is 0 Å². The number of nitriles is 1. The van der Waals surface area contributed by atoms with Crippen molar-refractivity contribution in [3.8, 4) is 6.07 Å². The van der Waals surface area contributed by atoms with E-state index in [1.165, 1.54) is 0 Å². The van der Waals surface area contributed by atoms with E-state index in [4.69, 9.17) is 5.26 Å². The van der Waals surface area contributed by atoms with Crippen LogP contribution in [0.2, 0.25) is 0 Å². The lowest BCUT2D eigenvalue weighted by molar-refractivity contribution is -0.120. The molecule has 0 aliphatic carbocycles. The quantitative estimate of drug-likeness (QED) is 0.834. The van der Waals surface area contributed by atoms with E-state index in [9.17, 15) is 13.2 Å². The van der Waals surface area contributed by atoms with Gasteiger partial charge >= 0.3 is 0 Å². The Morgan fingerprint density at radius 3 is 2.33 bits per heavy atom. The molecule has 0 fully saturated rings. The standard InChI is InChI=1S/C18H18N2O3S/c19-14-16-8-6-15(7-9-16)10-11-18(21)20-12-13-24(22,23)17-4-2-1-3-5-17/h1-9H,10-13H2,(H,20,21). The summed E-state index contributed by atoms with van der Waals surface area (Å²) in [6, 6.07) is 17.3. The highest BCUT2D eigenvalue weighted by Crippen LogP contribution is 2.09. The highest BCUT2D eigenvalue weighted by atomic mass is 32.2. The van der Waals surface area contributed by atoms with E-state index in [1.807, 2.05) is 18.2 Å². The minimum Gasteiger partial charge on any atom is -0.355 e. The second-order valence-corrected chi connectivity index (χ2v) is 7.40. The molecule has 0 aliphatic heterocycles. The van der Waals surface area contributed by atoms with Crippen LogP contribution in [-0.4, -0.2) is 26.6 Å². The normalized spacial score (nSPS) is 10.8. The van der Waals surface area contributed by atoms with E-state index >= 15 is 0 Å². The second kappa shape index (κ2) is 8.27. The number of hydrogen-bond acceptors (Lipinski definition) is 4. The molecule has 0 aromatic heterocycles. The molecule has 2 aromatic carbocycles. The topological polar surface area (TPSA) is 87.0 Å². The van der Waals surface area contributed by atoms with Crippen molar-refractivity contribution < 1.29 is 13.2 Å². The molecule has 2 rings (SSSR count). The predicted molar refractivity (Wildman–Crippen MR) is 91.0 cm³/mol. The molecule has 24 heavy (non-hydrogen) atoms. The van der Waals surface area contributed by atoms with Crippen LogP contribution in [0.4, 0.5) is 0 Å². The van der Waals surface area contributed by atoms with Gasteiger partial charge in [0.25, 0.3) is 0 Å². The number of hydrogen-bond donors (Lipinski definition) is 1. The first-order chi connectivity index (χ1) is 11.5. The number of carbonyl (C=O) groups excluding carboxylic acids is 1. The van der Waals surface area contributed by atoms with Gasteiger partial charge in [-0.15, -0.1) is 0 Å². The van der Waals surface area contributed by atoms with Gasteiger partial charge in [0, 0.05) is 13.0 Å². The lowest BCUT2D eigenvalue weighted by Crippen LogP contribution is -2.29. The van der Waals surface area contributed by atoms with Crippen LogP contribution < -0.4 is 5.32 Å². The van der Waals surface area contributed by atoms with E-state index in [0.29, 0.717) is 12.0 Å². The van der Waals surface area contributed by atoms with Crippen molar-refractivity contribution in [2.24, 2.45) is 0 Å². The lowest BCUT2D eigenvalue weighted by Gasteiger charge is -2.07. The number of amides is 1. The molecule has 0 saturated carbocycles. The molecule has 0 bridgehead atoms. The van der Waals surface area contributed by atoms with Gasteiger partial charge in [-0.25, -0.2) is 8.42 Å². The second-order valence-electron chi connectivity index (χ2n) is 5.29. The van der Waals surface area contributed by atoms with Crippen LogP contribution in [-0.2, 0) is 21.1 Å². The molecule has 0 atom stereocenters. The highest BCUT2D eigenvalue weighted by Gasteiger charge is 2.13. The Balaban J connectivity index is 1.76. The van der Waals surface area contributed by atoms with Crippen LogP contribution in [0.1, 0.15) is 17.5 Å². The minimum atomic E-state index is -3.38. The summed E-state index contributed by atoms with van der Waals surface area (Å²) in [6.07, 6.45) is 0.820. The third kappa shape index (κ3) is 5.21. The van der Waals surface area contributed by atoms with Crippen molar-refractivity contribution in [1.29, 1.82) is 5.26 Å². The highest BCUT2D eigenvalue weighted by molar-refractivity contribution is 7.91. The van der Waals surface area contributed by atoms with E-state index < -0.39 is 9.84 Å². The van der Waals surface area contributed by atoms with Gasteiger partial charge in [-0.1, -0.05) is 30.3 Å². The first-order valence-electron chi connectivity index (χ1n) is 7.55. The Kier molecular flexibility index (Phi) is 6.10. The molecular weight excluding hydrogens is 324 g/mol. The lowest BCUT2D eigenvalue weighted by atomic mass is 10.1. The maximum absolute atomic E-state index is 12.1.